The van der Waals surface area contributed by atoms with E-state index in [0.717, 1.165) is 6.20 Å². The standard InChI is InChI=1S/C18H16ClFN2O5/c1-22(9-12-13(19)4-3-5-14(12)20)16(23)10-27-18(25)15-7-6-11(8-21-15)17(24)26-2/h3-8H,9-10H2,1-2H3. The van der Waals surface area contributed by atoms with Crippen molar-refractivity contribution in [2.45, 2.75) is 6.54 Å². The fraction of sp³-hybridized carbons (Fsp3) is 0.222. The summed E-state index contributed by atoms with van der Waals surface area (Å²) in [7, 11) is 2.66. The Kier molecular flexibility index (Phi) is 6.84. The maximum Gasteiger partial charge on any atom is 0.357 e. The molecule has 2 rings (SSSR count). The molecule has 0 bridgehead atoms. The van der Waals surface area contributed by atoms with Crippen LogP contribution in [0.25, 0.3) is 0 Å². The molecule has 0 saturated heterocycles. The van der Waals surface area contributed by atoms with Crippen molar-refractivity contribution in [1.29, 1.82) is 0 Å². The zero-order chi connectivity index (χ0) is 20.0. The highest BCUT2D eigenvalue weighted by molar-refractivity contribution is 6.31. The summed E-state index contributed by atoms with van der Waals surface area (Å²) >= 11 is 5.93. The number of hydrogen-bond acceptors (Lipinski definition) is 6. The van der Waals surface area contributed by atoms with Gasteiger partial charge in [-0.15, -0.1) is 0 Å². The van der Waals surface area contributed by atoms with Gasteiger partial charge in [0.05, 0.1) is 12.7 Å². The van der Waals surface area contributed by atoms with Gasteiger partial charge in [-0.2, -0.15) is 0 Å². The molecule has 0 unspecified atom stereocenters. The second kappa shape index (κ2) is 9.09. The average molecular weight is 395 g/mol. The molecule has 142 valence electrons. The molecule has 0 aliphatic carbocycles. The molecule has 1 aromatic heterocycles. The summed E-state index contributed by atoms with van der Waals surface area (Å²) in [5, 5.41) is 0.196. The van der Waals surface area contributed by atoms with Crippen LogP contribution in [0.5, 0.6) is 0 Å². The Morgan fingerprint density at radius 3 is 2.52 bits per heavy atom. The fourth-order valence-corrected chi connectivity index (χ4v) is 2.30. The number of nitrogens with zero attached hydrogens (tertiary/aromatic N) is 2. The number of carbonyl (C=O) groups excluding carboxylic acids is 3. The minimum atomic E-state index is -0.836. The van der Waals surface area contributed by atoms with E-state index in [2.05, 4.69) is 9.72 Å². The van der Waals surface area contributed by atoms with Crippen molar-refractivity contribution in [3.05, 3.63) is 64.2 Å². The van der Waals surface area contributed by atoms with Crippen LogP contribution in [0.3, 0.4) is 0 Å². The van der Waals surface area contributed by atoms with Gasteiger partial charge >= 0.3 is 11.9 Å². The van der Waals surface area contributed by atoms with Crippen LogP contribution in [-0.4, -0.2) is 48.5 Å². The molecule has 1 aromatic carbocycles. The molecule has 7 nitrogen and oxygen atoms in total. The van der Waals surface area contributed by atoms with Gasteiger partial charge in [0, 0.05) is 30.4 Å². The Morgan fingerprint density at radius 2 is 1.93 bits per heavy atom. The van der Waals surface area contributed by atoms with Gasteiger partial charge in [0.1, 0.15) is 11.5 Å². The third-order valence-corrected chi connectivity index (χ3v) is 3.96. The molecule has 0 fully saturated rings. The number of rotatable bonds is 6. The van der Waals surface area contributed by atoms with E-state index in [1.807, 2.05) is 0 Å². The van der Waals surface area contributed by atoms with Crippen LogP contribution in [0.1, 0.15) is 26.4 Å². The molecule has 0 N–H and O–H groups in total. The van der Waals surface area contributed by atoms with Crippen LogP contribution < -0.4 is 0 Å². The lowest BCUT2D eigenvalue weighted by atomic mass is 10.2. The molecule has 0 spiro atoms. The van der Waals surface area contributed by atoms with Crippen LogP contribution in [0.15, 0.2) is 36.5 Å². The SMILES string of the molecule is COC(=O)c1ccc(C(=O)OCC(=O)N(C)Cc2c(F)cccc2Cl)nc1. The van der Waals surface area contributed by atoms with Crippen molar-refractivity contribution in [2.75, 3.05) is 20.8 Å². The molecule has 1 amide bonds. The molecule has 2 aromatic rings. The van der Waals surface area contributed by atoms with Gasteiger partial charge in [-0.1, -0.05) is 17.7 Å². The Hall–Kier alpha value is -3.00. The largest absolute Gasteiger partial charge is 0.465 e. The summed E-state index contributed by atoms with van der Waals surface area (Å²) in [6.45, 7) is -0.629. The van der Waals surface area contributed by atoms with Crippen molar-refractivity contribution in [1.82, 2.24) is 9.88 Å². The van der Waals surface area contributed by atoms with Crippen LogP contribution in [0.4, 0.5) is 4.39 Å². The van der Waals surface area contributed by atoms with Gasteiger partial charge in [-0.25, -0.2) is 19.0 Å². The van der Waals surface area contributed by atoms with Gasteiger partial charge < -0.3 is 14.4 Å². The number of amides is 1. The van der Waals surface area contributed by atoms with E-state index in [1.54, 1.807) is 0 Å². The van der Waals surface area contributed by atoms with Gasteiger partial charge in [0.2, 0.25) is 0 Å². The van der Waals surface area contributed by atoms with E-state index >= 15 is 0 Å². The number of pyridine rings is 1. The fourth-order valence-electron chi connectivity index (χ4n) is 2.07. The lowest BCUT2D eigenvalue weighted by Gasteiger charge is -2.18. The average Bonchev–Trinajstić information content (AvgIpc) is 2.68. The first kappa shape index (κ1) is 20.3. The number of likely N-dealkylation sites (N-methyl/N-ethyl adjacent to an activating group) is 1. The van der Waals surface area contributed by atoms with Gasteiger partial charge in [0.25, 0.3) is 5.91 Å². The number of carbonyl (C=O) groups is 3. The number of ether oxygens (including phenoxy) is 2. The highest BCUT2D eigenvalue weighted by Crippen LogP contribution is 2.20. The maximum absolute atomic E-state index is 13.8. The van der Waals surface area contributed by atoms with Gasteiger partial charge in [-0.05, 0) is 24.3 Å². The number of hydrogen-bond donors (Lipinski definition) is 0. The summed E-state index contributed by atoms with van der Waals surface area (Å²) in [6.07, 6.45) is 1.16. The lowest BCUT2D eigenvalue weighted by molar-refractivity contribution is -0.133. The summed E-state index contributed by atoms with van der Waals surface area (Å²) < 4.78 is 23.2. The van der Waals surface area contributed by atoms with E-state index in [-0.39, 0.29) is 28.4 Å². The predicted molar refractivity (Wildman–Crippen MR) is 93.7 cm³/mol. The number of aromatic nitrogens is 1. The van der Waals surface area contributed by atoms with Crippen LogP contribution in [0.2, 0.25) is 5.02 Å². The first-order chi connectivity index (χ1) is 12.8. The number of halogens is 2. The molecular weight excluding hydrogens is 379 g/mol. The Morgan fingerprint density at radius 1 is 1.19 bits per heavy atom. The molecular formula is C18H16ClFN2O5. The Bertz CT molecular complexity index is 837. The van der Waals surface area contributed by atoms with Crippen LogP contribution in [0, 0.1) is 5.82 Å². The van der Waals surface area contributed by atoms with Crippen molar-refractivity contribution < 1.29 is 28.2 Å². The summed E-state index contributed by atoms with van der Waals surface area (Å²) in [5.41, 5.74) is 0.267. The lowest BCUT2D eigenvalue weighted by Crippen LogP contribution is -2.31. The monoisotopic (exact) mass is 394 g/mol. The molecule has 9 heteroatoms. The number of esters is 2. The zero-order valence-electron chi connectivity index (χ0n) is 14.6. The molecule has 27 heavy (non-hydrogen) atoms. The number of methoxy groups -OCH3 is 1. The first-order valence-corrected chi connectivity index (χ1v) is 8.09. The number of benzene rings is 1. The van der Waals surface area contributed by atoms with E-state index in [1.165, 1.54) is 49.4 Å². The van der Waals surface area contributed by atoms with E-state index in [9.17, 15) is 18.8 Å². The van der Waals surface area contributed by atoms with E-state index < -0.39 is 30.3 Å². The predicted octanol–water partition coefficient (Wildman–Crippen LogP) is 2.48. The molecule has 0 aliphatic rings. The molecule has 0 aliphatic heterocycles. The Balaban J connectivity index is 1.92. The van der Waals surface area contributed by atoms with Gasteiger partial charge in [-0.3, -0.25) is 4.79 Å². The summed E-state index contributed by atoms with van der Waals surface area (Å²) in [5.74, 6) is -2.51. The third kappa shape index (κ3) is 5.24. The van der Waals surface area contributed by atoms with Crippen molar-refractivity contribution >= 4 is 29.4 Å². The Labute approximate surface area is 159 Å². The van der Waals surface area contributed by atoms with Crippen LogP contribution in [-0.2, 0) is 20.8 Å². The third-order valence-electron chi connectivity index (χ3n) is 3.60. The topological polar surface area (TPSA) is 85.8 Å². The highest BCUT2D eigenvalue weighted by Gasteiger charge is 2.17. The minimum Gasteiger partial charge on any atom is -0.465 e. The minimum absolute atomic E-state index is 0.0738. The van der Waals surface area contributed by atoms with E-state index in [4.69, 9.17) is 16.3 Å². The maximum atomic E-state index is 13.8. The normalized spacial score (nSPS) is 10.2. The van der Waals surface area contributed by atoms with Gasteiger partial charge in [0.15, 0.2) is 6.61 Å². The summed E-state index contributed by atoms with van der Waals surface area (Å²) in [6, 6.07) is 6.85. The van der Waals surface area contributed by atoms with Crippen molar-refractivity contribution in [2.24, 2.45) is 0 Å². The quantitative estimate of drug-likeness (QED) is 0.700. The zero-order valence-corrected chi connectivity index (χ0v) is 15.3. The molecule has 0 radical (unpaired) electrons. The first-order valence-electron chi connectivity index (χ1n) is 7.71. The van der Waals surface area contributed by atoms with Crippen LogP contribution >= 0.6 is 11.6 Å². The summed E-state index contributed by atoms with van der Waals surface area (Å²) in [4.78, 5) is 40.3. The smallest absolute Gasteiger partial charge is 0.357 e. The second-order valence-corrected chi connectivity index (χ2v) is 5.86. The molecule has 0 atom stereocenters. The highest BCUT2D eigenvalue weighted by atomic mass is 35.5. The van der Waals surface area contributed by atoms with Crippen molar-refractivity contribution in [3.63, 3.8) is 0 Å². The van der Waals surface area contributed by atoms with E-state index in [0.29, 0.717) is 0 Å². The second-order valence-electron chi connectivity index (χ2n) is 5.45. The molecule has 0 saturated carbocycles. The molecule has 1 heterocycles. The van der Waals surface area contributed by atoms with Crippen molar-refractivity contribution in [3.8, 4) is 0 Å².